The van der Waals surface area contributed by atoms with Crippen LogP contribution >= 0.6 is 0 Å². The molecule has 0 radical (unpaired) electrons. The molecule has 4 rings (SSSR count). The van der Waals surface area contributed by atoms with Crippen molar-refractivity contribution in [2.75, 3.05) is 5.32 Å². The van der Waals surface area contributed by atoms with Crippen LogP contribution in [0.5, 0.6) is 0 Å². The number of rotatable bonds is 3. The van der Waals surface area contributed by atoms with Gasteiger partial charge in [-0.3, -0.25) is 14.8 Å². The second-order valence-electron chi connectivity index (χ2n) is 5.51. The van der Waals surface area contributed by atoms with Crippen molar-refractivity contribution in [3.8, 4) is 11.3 Å². The van der Waals surface area contributed by atoms with Gasteiger partial charge in [-0.25, -0.2) is 4.98 Å². The van der Waals surface area contributed by atoms with Gasteiger partial charge < -0.3 is 5.32 Å². The molecule has 3 heterocycles. The van der Waals surface area contributed by atoms with Crippen LogP contribution in [0, 0.1) is 0 Å². The maximum absolute atomic E-state index is 12.7. The average Bonchev–Trinajstić information content (AvgIpc) is 2.68. The molecule has 0 aliphatic carbocycles. The molecule has 1 amide bonds. The number of benzene rings is 1. The van der Waals surface area contributed by atoms with Gasteiger partial charge in [-0.1, -0.05) is 18.2 Å². The van der Waals surface area contributed by atoms with Crippen molar-refractivity contribution in [3.05, 3.63) is 84.9 Å². The molecule has 0 spiro atoms. The number of fused-ring (bicyclic) bond motifs is 1. The molecule has 5 heteroatoms. The summed E-state index contributed by atoms with van der Waals surface area (Å²) < 4.78 is 0. The Labute approximate surface area is 144 Å². The second kappa shape index (κ2) is 6.49. The van der Waals surface area contributed by atoms with E-state index in [9.17, 15) is 4.79 Å². The molecule has 0 saturated carbocycles. The summed E-state index contributed by atoms with van der Waals surface area (Å²) in [7, 11) is 0. The number of amides is 1. The van der Waals surface area contributed by atoms with Crippen molar-refractivity contribution >= 4 is 22.5 Å². The van der Waals surface area contributed by atoms with Crippen LogP contribution in [0.4, 0.5) is 5.69 Å². The predicted molar refractivity (Wildman–Crippen MR) is 97.2 cm³/mol. The molecule has 0 saturated heterocycles. The predicted octanol–water partition coefficient (Wildman–Crippen LogP) is 3.94. The molecule has 1 aromatic carbocycles. The number of hydrogen-bond donors (Lipinski definition) is 1. The highest BCUT2D eigenvalue weighted by Gasteiger charge is 2.12. The number of anilines is 1. The number of pyridine rings is 3. The van der Waals surface area contributed by atoms with E-state index in [2.05, 4.69) is 15.3 Å². The molecule has 0 aliphatic rings. The van der Waals surface area contributed by atoms with Crippen molar-refractivity contribution in [2.24, 2.45) is 0 Å². The Morgan fingerprint density at radius 2 is 1.72 bits per heavy atom. The molecular weight excluding hydrogens is 312 g/mol. The van der Waals surface area contributed by atoms with Crippen LogP contribution < -0.4 is 5.32 Å². The van der Waals surface area contributed by atoms with Crippen LogP contribution in [-0.4, -0.2) is 20.9 Å². The van der Waals surface area contributed by atoms with Crippen molar-refractivity contribution in [1.82, 2.24) is 15.0 Å². The number of para-hydroxylation sites is 1. The average molecular weight is 326 g/mol. The summed E-state index contributed by atoms with van der Waals surface area (Å²) in [5.74, 6) is -0.201. The molecule has 1 N–H and O–H groups in total. The van der Waals surface area contributed by atoms with E-state index in [0.29, 0.717) is 16.8 Å². The second-order valence-corrected chi connectivity index (χ2v) is 5.51. The third-order valence-corrected chi connectivity index (χ3v) is 3.86. The molecule has 25 heavy (non-hydrogen) atoms. The summed E-state index contributed by atoms with van der Waals surface area (Å²) in [6, 6.07) is 16.8. The number of nitrogens with one attached hydrogen (secondary N) is 1. The minimum atomic E-state index is -0.201. The van der Waals surface area contributed by atoms with Crippen LogP contribution in [0.25, 0.3) is 22.2 Å². The van der Waals surface area contributed by atoms with Crippen LogP contribution in [0.3, 0.4) is 0 Å². The Morgan fingerprint density at radius 1 is 0.840 bits per heavy atom. The summed E-state index contributed by atoms with van der Waals surface area (Å²) in [5, 5.41) is 3.79. The van der Waals surface area contributed by atoms with E-state index in [1.54, 1.807) is 43.0 Å². The molecule has 4 aromatic rings. The highest BCUT2D eigenvalue weighted by atomic mass is 16.1. The molecule has 3 aromatic heterocycles. The number of nitrogens with zero attached hydrogens (tertiary/aromatic N) is 3. The normalized spacial score (nSPS) is 10.6. The lowest BCUT2D eigenvalue weighted by atomic mass is 10.1. The molecule has 0 fully saturated rings. The van der Waals surface area contributed by atoms with Gasteiger partial charge in [-0.05, 0) is 36.4 Å². The SMILES string of the molecule is O=C(Nc1ccncc1)c1cccc2ccc(-c3cccnc3)nc12. The minimum Gasteiger partial charge on any atom is -0.322 e. The lowest BCUT2D eigenvalue weighted by Crippen LogP contribution is -2.12. The summed E-state index contributed by atoms with van der Waals surface area (Å²) in [5.41, 5.74) is 3.58. The third-order valence-electron chi connectivity index (χ3n) is 3.86. The summed E-state index contributed by atoms with van der Waals surface area (Å²) in [6.07, 6.45) is 6.75. The van der Waals surface area contributed by atoms with Gasteiger partial charge in [0.15, 0.2) is 0 Å². The van der Waals surface area contributed by atoms with Gasteiger partial charge in [0.2, 0.25) is 0 Å². The van der Waals surface area contributed by atoms with E-state index in [-0.39, 0.29) is 5.91 Å². The molecule has 0 aliphatic heterocycles. The largest absolute Gasteiger partial charge is 0.322 e. The standard InChI is InChI=1S/C20H14N4O/c25-20(23-16-8-11-21-12-9-16)17-5-1-3-14-6-7-18(24-19(14)17)15-4-2-10-22-13-15/h1-13H,(H,21,23,25). The van der Waals surface area contributed by atoms with E-state index < -0.39 is 0 Å². The Balaban J connectivity index is 1.77. The highest BCUT2D eigenvalue weighted by molar-refractivity contribution is 6.12. The van der Waals surface area contributed by atoms with Gasteiger partial charge >= 0.3 is 0 Å². The van der Waals surface area contributed by atoms with Gasteiger partial charge in [0.1, 0.15) is 0 Å². The zero-order valence-electron chi connectivity index (χ0n) is 13.3. The lowest BCUT2D eigenvalue weighted by Gasteiger charge is -2.09. The van der Waals surface area contributed by atoms with Crippen LogP contribution in [0.2, 0.25) is 0 Å². The zero-order chi connectivity index (χ0) is 17.1. The first-order valence-electron chi connectivity index (χ1n) is 7.83. The van der Waals surface area contributed by atoms with Crippen LogP contribution in [0.15, 0.2) is 79.4 Å². The third kappa shape index (κ3) is 3.07. The van der Waals surface area contributed by atoms with Gasteiger partial charge in [-0.2, -0.15) is 0 Å². The van der Waals surface area contributed by atoms with Crippen molar-refractivity contribution < 1.29 is 4.79 Å². The Kier molecular flexibility index (Phi) is 3.88. The smallest absolute Gasteiger partial charge is 0.257 e. The van der Waals surface area contributed by atoms with Crippen LogP contribution in [-0.2, 0) is 0 Å². The van der Waals surface area contributed by atoms with E-state index in [0.717, 1.165) is 16.6 Å². The maximum Gasteiger partial charge on any atom is 0.257 e. The molecular formula is C20H14N4O. The van der Waals surface area contributed by atoms with E-state index >= 15 is 0 Å². The first kappa shape index (κ1) is 15.0. The van der Waals surface area contributed by atoms with Crippen molar-refractivity contribution in [2.45, 2.75) is 0 Å². The van der Waals surface area contributed by atoms with Crippen molar-refractivity contribution in [3.63, 3.8) is 0 Å². The molecule has 120 valence electrons. The van der Waals surface area contributed by atoms with Gasteiger partial charge in [0.25, 0.3) is 5.91 Å². The maximum atomic E-state index is 12.7. The highest BCUT2D eigenvalue weighted by Crippen LogP contribution is 2.23. The topological polar surface area (TPSA) is 67.8 Å². The number of carbonyl (C=O) groups is 1. The lowest BCUT2D eigenvalue weighted by molar-refractivity contribution is 0.102. The monoisotopic (exact) mass is 326 g/mol. The van der Waals surface area contributed by atoms with Gasteiger partial charge in [0.05, 0.1) is 16.8 Å². The Morgan fingerprint density at radius 3 is 2.52 bits per heavy atom. The van der Waals surface area contributed by atoms with E-state index in [1.165, 1.54) is 0 Å². The van der Waals surface area contributed by atoms with Crippen molar-refractivity contribution in [1.29, 1.82) is 0 Å². The Bertz CT molecular complexity index is 1030. The number of aromatic nitrogens is 3. The van der Waals surface area contributed by atoms with E-state index in [4.69, 9.17) is 4.98 Å². The Hall–Kier alpha value is -3.60. The molecule has 5 nitrogen and oxygen atoms in total. The molecule has 0 bridgehead atoms. The number of hydrogen-bond acceptors (Lipinski definition) is 4. The number of carbonyl (C=O) groups excluding carboxylic acids is 1. The van der Waals surface area contributed by atoms with E-state index in [1.807, 2.05) is 36.4 Å². The van der Waals surface area contributed by atoms with Gasteiger partial charge in [-0.15, -0.1) is 0 Å². The first-order valence-corrected chi connectivity index (χ1v) is 7.83. The fourth-order valence-electron chi connectivity index (χ4n) is 2.64. The first-order chi connectivity index (χ1) is 12.3. The summed E-state index contributed by atoms with van der Waals surface area (Å²) >= 11 is 0. The molecule has 0 unspecified atom stereocenters. The quantitative estimate of drug-likeness (QED) is 0.619. The summed E-state index contributed by atoms with van der Waals surface area (Å²) in [6.45, 7) is 0. The minimum absolute atomic E-state index is 0.201. The fourth-order valence-corrected chi connectivity index (χ4v) is 2.64. The zero-order valence-corrected chi connectivity index (χ0v) is 13.3. The van der Waals surface area contributed by atoms with Crippen LogP contribution in [0.1, 0.15) is 10.4 Å². The molecule has 0 atom stereocenters. The summed E-state index contributed by atoms with van der Waals surface area (Å²) in [4.78, 5) is 25.5. The fraction of sp³-hybridized carbons (Fsp3) is 0. The van der Waals surface area contributed by atoms with Gasteiger partial charge in [0, 0.05) is 41.4 Å².